The summed E-state index contributed by atoms with van der Waals surface area (Å²) in [7, 11) is 0. The number of benzene rings is 9. The van der Waals surface area contributed by atoms with Crippen LogP contribution in [-0.4, -0.2) is 0 Å². The van der Waals surface area contributed by atoms with Crippen molar-refractivity contribution >= 4 is 71.7 Å². The minimum absolute atomic E-state index is 0.202. The number of para-hydroxylation sites is 1. The van der Waals surface area contributed by atoms with E-state index >= 15 is 0 Å². The van der Waals surface area contributed by atoms with E-state index in [2.05, 4.69) is 195 Å². The predicted molar refractivity (Wildman–Crippen MR) is 242 cm³/mol. The van der Waals surface area contributed by atoms with Crippen molar-refractivity contribution < 1.29 is 8.83 Å². The van der Waals surface area contributed by atoms with Crippen LogP contribution in [0.5, 0.6) is 0 Å². The molecule has 58 heavy (non-hydrogen) atoms. The first-order valence-electron chi connectivity index (χ1n) is 20.0. The van der Waals surface area contributed by atoms with Gasteiger partial charge in [-0.3, -0.25) is 0 Å². The van der Waals surface area contributed by atoms with Crippen LogP contribution in [0.15, 0.2) is 197 Å². The van der Waals surface area contributed by atoms with Gasteiger partial charge in [0.2, 0.25) is 0 Å². The van der Waals surface area contributed by atoms with Crippen LogP contribution in [0.3, 0.4) is 0 Å². The first kappa shape index (κ1) is 32.8. The summed E-state index contributed by atoms with van der Waals surface area (Å²) in [5.74, 6) is 0. The van der Waals surface area contributed by atoms with Crippen LogP contribution in [-0.2, 0) is 5.41 Å². The van der Waals surface area contributed by atoms with Gasteiger partial charge in [0.25, 0.3) is 0 Å². The van der Waals surface area contributed by atoms with Crippen LogP contribution in [0.2, 0.25) is 0 Å². The molecule has 12 rings (SSSR count). The molecule has 1 aliphatic rings. The highest BCUT2D eigenvalue weighted by Gasteiger charge is 2.36. The van der Waals surface area contributed by atoms with Crippen LogP contribution in [0.25, 0.3) is 88.0 Å². The molecule has 0 radical (unpaired) electrons. The molecule has 0 amide bonds. The van der Waals surface area contributed by atoms with Crippen molar-refractivity contribution in [2.45, 2.75) is 19.3 Å². The minimum atomic E-state index is -0.202. The molecule has 2 heterocycles. The van der Waals surface area contributed by atoms with Crippen molar-refractivity contribution in [3.8, 4) is 33.4 Å². The van der Waals surface area contributed by atoms with Crippen LogP contribution >= 0.6 is 0 Å². The SMILES string of the molecule is CC1(C)c2ccc(-c3ccccc3)cc2-c2ccc(N(c3ccc4c(c3)oc3ccccc34)c3cccc4oc5ccc(-c6cccc7ccccc67)cc5c34)cc21. The molecule has 0 bridgehead atoms. The van der Waals surface area contributed by atoms with Gasteiger partial charge in [0.1, 0.15) is 22.3 Å². The average molecular weight is 744 g/mol. The summed E-state index contributed by atoms with van der Waals surface area (Å²) in [6, 6.07) is 67.7. The summed E-state index contributed by atoms with van der Waals surface area (Å²) < 4.78 is 13.2. The molecule has 11 aromatic rings. The lowest BCUT2D eigenvalue weighted by Crippen LogP contribution is -2.16. The lowest BCUT2D eigenvalue weighted by Gasteiger charge is -2.28. The fourth-order valence-corrected chi connectivity index (χ4v) is 9.61. The van der Waals surface area contributed by atoms with E-state index in [4.69, 9.17) is 8.83 Å². The van der Waals surface area contributed by atoms with Crippen molar-refractivity contribution in [1.82, 2.24) is 0 Å². The standard InChI is InChI=1S/C55H37NO2/c1-55(2)47-28-22-36(34-12-4-3-5-13-34)30-45(47)42-26-24-38(32-48(42)55)56(39-25-27-44-43-17-8-9-20-50(43)58-53(44)33-39)49-19-11-21-52-54(49)46-31-37(23-29-51(46)57-52)41-18-10-15-35-14-6-7-16-40(35)41/h3-33H,1-2H3. The van der Waals surface area contributed by atoms with Gasteiger partial charge in [0, 0.05) is 39.0 Å². The van der Waals surface area contributed by atoms with Gasteiger partial charge in [-0.2, -0.15) is 0 Å². The fourth-order valence-electron chi connectivity index (χ4n) is 9.61. The molecule has 0 saturated carbocycles. The highest BCUT2D eigenvalue weighted by Crippen LogP contribution is 2.53. The van der Waals surface area contributed by atoms with Gasteiger partial charge in [-0.1, -0.05) is 135 Å². The zero-order valence-corrected chi connectivity index (χ0v) is 32.2. The molecule has 0 fully saturated rings. The van der Waals surface area contributed by atoms with Gasteiger partial charge >= 0.3 is 0 Å². The molecule has 274 valence electrons. The molecule has 1 aliphatic carbocycles. The Morgan fingerprint density at radius 3 is 1.98 bits per heavy atom. The number of furan rings is 2. The van der Waals surface area contributed by atoms with Crippen molar-refractivity contribution in [3.05, 3.63) is 199 Å². The average Bonchev–Trinajstić information content (AvgIpc) is 3.91. The maximum Gasteiger partial charge on any atom is 0.137 e. The first-order chi connectivity index (χ1) is 28.5. The lowest BCUT2D eigenvalue weighted by atomic mass is 9.82. The molecule has 0 saturated heterocycles. The van der Waals surface area contributed by atoms with Gasteiger partial charge < -0.3 is 13.7 Å². The monoisotopic (exact) mass is 743 g/mol. The van der Waals surface area contributed by atoms with E-state index in [1.807, 2.05) is 12.1 Å². The highest BCUT2D eigenvalue weighted by molar-refractivity contribution is 6.15. The highest BCUT2D eigenvalue weighted by atomic mass is 16.3. The lowest BCUT2D eigenvalue weighted by molar-refractivity contribution is 0.660. The van der Waals surface area contributed by atoms with Crippen LogP contribution in [0.4, 0.5) is 17.1 Å². The van der Waals surface area contributed by atoms with Gasteiger partial charge in [-0.05, 0) is 116 Å². The molecule has 2 aromatic heterocycles. The fraction of sp³-hybridized carbons (Fsp3) is 0.0545. The van der Waals surface area contributed by atoms with Crippen molar-refractivity contribution in [3.63, 3.8) is 0 Å². The Morgan fingerprint density at radius 2 is 1.07 bits per heavy atom. The van der Waals surface area contributed by atoms with Crippen molar-refractivity contribution in [1.29, 1.82) is 0 Å². The molecule has 0 spiro atoms. The Bertz CT molecular complexity index is 3430. The Labute approximate surface area is 336 Å². The van der Waals surface area contributed by atoms with Crippen molar-refractivity contribution in [2.24, 2.45) is 0 Å². The zero-order valence-electron chi connectivity index (χ0n) is 32.2. The summed E-state index contributed by atoms with van der Waals surface area (Å²) >= 11 is 0. The molecule has 3 heteroatoms. The summed E-state index contributed by atoms with van der Waals surface area (Å²) in [5, 5.41) is 6.82. The number of nitrogens with zero attached hydrogens (tertiary/aromatic N) is 1. The normalized spacial score (nSPS) is 13.1. The molecule has 0 N–H and O–H groups in total. The van der Waals surface area contributed by atoms with Crippen LogP contribution in [0, 0.1) is 0 Å². The van der Waals surface area contributed by atoms with Gasteiger partial charge in [-0.25, -0.2) is 0 Å². The smallest absolute Gasteiger partial charge is 0.137 e. The molecule has 3 nitrogen and oxygen atoms in total. The summed E-state index contributed by atoms with van der Waals surface area (Å²) in [4.78, 5) is 2.39. The Balaban J connectivity index is 1.08. The van der Waals surface area contributed by atoms with E-state index in [-0.39, 0.29) is 5.41 Å². The molecule has 9 aromatic carbocycles. The van der Waals surface area contributed by atoms with Crippen LogP contribution in [0.1, 0.15) is 25.0 Å². The summed E-state index contributed by atoms with van der Waals surface area (Å²) in [5.41, 5.74) is 16.4. The van der Waals surface area contributed by atoms with E-state index in [0.29, 0.717) is 0 Å². The topological polar surface area (TPSA) is 29.5 Å². The van der Waals surface area contributed by atoms with E-state index in [1.54, 1.807) is 0 Å². The summed E-state index contributed by atoms with van der Waals surface area (Å²) in [6.07, 6.45) is 0. The maximum atomic E-state index is 6.66. The minimum Gasteiger partial charge on any atom is -0.456 e. The van der Waals surface area contributed by atoms with E-state index < -0.39 is 0 Å². The second kappa shape index (κ2) is 12.3. The first-order valence-corrected chi connectivity index (χ1v) is 20.0. The molecule has 0 unspecified atom stereocenters. The zero-order chi connectivity index (χ0) is 38.5. The van der Waals surface area contributed by atoms with Gasteiger partial charge in [0.15, 0.2) is 0 Å². The van der Waals surface area contributed by atoms with Crippen LogP contribution < -0.4 is 4.90 Å². The molecular formula is C55H37NO2. The summed E-state index contributed by atoms with van der Waals surface area (Å²) in [6.45, 7) is 4.71. The van der Waals surface area contributed by atoms with E-state index in [1.165, 1.54) is 49.7 Å². The number of fused-ring (bicyclic) bond motifs is 10. The Hall–Kier alpha value is -7.36. The second-order valence-corrected chi connectivity index (χ2v) is 16.1. The number of hydrogen-bond acceptors (Lipinski definition) is 3. The second-order valence-electron chi connectivity index (χ2n) is 16.1. The van der Waals surface area contributed by atoms with E-state index in [0.717, 1.165) is 66.5 Å². The third-order valence-corrected chi connectivity index (χ3v) is 12.5. The third kappa shape index (κ3) is 4.86. The quantitative estimate of drug-likeness (QED) is 0.176. The molecular weight excluding hydrogens is 707 g/mol. The number of anilines is 3. The molecule has 0 aliphatic heterocycles. The van der Waals surface area contributed by atoms with E-state index in [9.17, 15) is 0 Å². The number of hydrogen-bond donors (Lipinski definition) is 0. The Kier molecular flexibility index (Phi) is 6.98. The van der Waals surface area contributed by atoms with Crippen molar-refractivity contribution in [2.75, 3.05) is 4.90 Å². The number of rotatable bonds is 5. The van der Waals surface area contributed by atoms with Gasteiger partial charge in [-0.15, -0.1) is 0 Å². The largest absolute Gasteiger partial charge is 0.456 e. The Morgan fingerprint density at radius 1 is 0.379 bits per heavy atom. The maximum absolute atomic E-state index is 6.66. The van der Waals surface area contributed by atoms with Gasteiger partial charge in [0.05, 0.1) is 11.1 Å². The molecule has 0 atom stereocenters. The third-order valence-electron chi connectivity index (χ3n) is 12.5. The predicted octanol–water partition coefficient (Wildman–Crippen LogP) is 15.7.